The number of hydrogen-bond donors (Lipinski definition) is 1. The van der Waals surface area contributed by atoms with Gasteiger partial charge in [0.2, 0.25) is 11.8 Å². The Morgan fingerprint density at radius 1 is 1.03 bits per heavy atom. The predicted octanol–water partition coefficient (Wildman–Crippen LogP) is 5.61. The molecule has 0 atom stereocenters. The zero-order valence-electron chi connectivity index (χ0n) is 17.9. The molecule has 1 aromatic carbocycles. The van der Waals surface area contributed by atoms with Gasteiger partial charge in [-0.25, -0.2) is 4.39 Å². The van der Waals surface area contributed by atoms with Gasteiger partial charge in [0, 0.05) is 16.6 Å². The molecule has 6 heteroatoms. The molecule has 0 aliphatic heterocycles. The molecule has 166 valence electrons. The minimum atomic E-state index is -0.971. The van der Waals surface area contributed by atoms with Gasteiger partial charge in [-0.15, -0.1) is 11.3 Å². The van der Waals surface area contributed by atoms with Crippen LogP contribution in [-0.2, 0) is 16.0 Å². The molecule has 1 aromatic heterocycles. The molecule has 31 heavy (non-hydrogen) atoms. The predicted molar refractivity (Wildman–Crippen MR) is 123 cm³/mol. The van der Waals surface area contributed by atoms with E-state index in [2.05, 4.69) is 5.32 Å². The first-order chi connectivity index (χ1) is 15.1. The van der Waals surface area contributed by atoms with E-state index in [1.165, 1.54) is 23.5 Å². The SMILES string of the molecule is O=C(Cc1cccs1)N(c1cccc(F)c1)C1(C(=O)NC2CCCC2)CCCCCC1. The van der Waals surface area contributed by atoms with Crippen LogP contribution in [0.2, 0.25) is 0 Å². The number of rotatable bonds is 6. The van der Waals surface area contributed by atoms with Crippen LogP contribution in [0.4, 0.5) is 10.1 Å². The summed E-state index contributed by atoms with van der Waals surface area (Å²) in [6, 6.07) is 10.2. The quantitative estimate of drug-likeness (QED) is 0.591. The first-order valence-electron chi connectivity index (χ1n) is 11.5. The van der Waals surface area contributed by atoms with E-state index in [1.807, 2.05) is 17.5 Å². The first kappa shape index (κ1) is 22.0. The smallest absolute Gasteiger partial charge is 0.246 e. The van der Waals surface area contributed by atoms with Gasteiger partial charge in [0.05, 0.1) is 6.42 Å². The van der Waals surface area contributed by atoms with Crippen LogP contribution in [0.15, 0.2) is 41.8 Å². The van der Waals surface area contributed by atoms with E-state index >= 15 is 0 Å². The number of nitrogens with zero attached hydrogens (tertiary/aromatic N) is 1. The Morgan fingerprint density at radius 3 is 2.42 bits per heavy atom. The average molecular weight is 443 g/mol. The highest BCUT2D eigenvalue weighted by molar-refractivity contribution is 7.10. The molecular weight excluding hydrogens is 411 g/mol. The van der Waals surface area contributed by atoms with Gasteiger partial charge in [-0.3, -0.25) is 14.5 Å². The van der Waals surface area contributed by atoms with Gasteiger partial charge in [0.1, 0.15) is 11.4 Å². The summed E-state index contributed by atoms with van der Waals surface area (Å²) < 4.78 is 14.2. The van der Waals surface area contributed by atoms with Crippen LogP contribution in [-0.4, -0.2) is 23.4 Å². The summed E-state index contributed by atoms with van der Waals surface area (Å²) >= 11 is 1.53. The van der Waals surface area contributed by atoms with Crippen molar-refractivity contribution in [2.75, 3.05) is 4.90 Å². The Kier molecular flexibility index (Phi) is 7.06. The number of carbonyl (C=O) groups is 2. The normalized spacial score (nSPS) is 19.0. The van der Waals surface area contributed by atoms with Crippen LogP contribution in [0, 0.1) is 5.82 Å². The Labute approximate surface area is 187 Å². The number of nitrogens with one attached hydrogen (secondary N) is 1. The van der Waals surface area contributed by atoms with Crippen molar-refractivity contribution in [3.05, 3.63) is 52.5 Å². The molecule has 0 bridgehead atoms. The molecule has 0 saturated heterocycles. The maximum absolute atomic E-state index is 14.2. The van der Waals surface area contributed by atoms with Crippen molar-refractivity contribution in [1.82, 2.24) is 5.32 Å². The third-order valence-corrected chi connectivity index (χ3v) is 7.57. The fourth-order valence-electron chi connectivity index (χ4n) is 5.14. The van der Waals surface area contributed by atoms with E-state index in [9.17, 15) is 14.0 Å². The molecule has 0 radical (unpaired) electrons. The molecule has 1 heterocycles. The highest BCUT2D eigenvalue weighted by Gasteiger charge is 2.47. The topological polar surface area (TPSA) is 49.4 Å². The van der Waals surface area contributed by atoms with Gasteiger partial charge in [0.15, 0.2) is 0 Å². The Morgan fingerprint density at radius 2 is 1.77 bits per heavy atom. The third-order valence-electron chi connectivity index (χ3n) is 6.69. The van der Waals surface area contributed by atoms with Gasteiger partial charge < -0.3 is 5.32 Å². The molecule has 2 fully saturated rings. The average Bonchev–Trinajstić information content (AvgIpc) is 3.39. The number of carbonyl (C=O) groups excluding carboxylic acids is 2. The lowest BCUT2D eigenvalue weighted by atomic mass is 9.85. The Bertz CT molecular complexity index is 885. The number of thiophene rings is 1. The lowest BCUT2D eigenvalue weighted by Gasteiger charge is -2.43. The van der Waals surface area contributed by atoms with Crippen molar-refractivity contribution in [1.29, 1.82) is 0 Å². The minimum absolute atomic E-state index is 0.0647. The van der Waals surface area contributed by atoms with E-state index in [4.69, 9.17) is 0 Å². The van der Waals surface area contributed by atoms with E-state index in [0.717, 1.165) is 56.2 Å². The van der Waals surface area contributed by atoms with E-state index < -0.39 is 11.4 Å². The second kappa shape index (κ2) is 9.94. The van der Waals surface area contributed by atoms with Crippen molar-refractivity contribution in [2.45, 2.75) is 82.2 Å². The molecular formula is C25H31FN2O2S. The third kappa shape index (κ3) is 5.00. The van der Waals surface area contributed by atoms with Crippen LogP contribution in [0.3, 0.4) is 0 Å². The van der Waals surface area contributed by atoms with Gasteiger partial charge in [-0.05, 0) is 55.3 Å². The fourth-order valence-corrected chi connectivity index (χ4v) is 5.84. The number of anilines is 1. The molecule has 2 aliphatic rings. The molecule has 2 aliphatic carbocycles. The van der Waals surface area contributed by atoms with Crippen molar-refractivity contribution < 1.29 is 14.0 Å². The molecule has 2 amide bonds. The maximum atomic E-state index is 14.2. The lowest BCUT2D eigenvalue weighted by Crippen LogP contribution is -2.62. The molecule has 0 unspecified atom stereocenters. The second-order valence-corrected chi connectivity index (χ2v) is 9.90. The molecule has 4 nitrogen and oxygen atoms in total. The van der Waals surface area contributed by atoms with E-state index in [-0.39, 0.29) is 24.3 Å². The van der Waals surface area contributed by atoms with Crippen molar-refractivity contribution in [3.63, 3.8) is 0 Å². The zero-order valence-corrected chi connectivity index (χ0v) is 18.8. The van der Waals surface area contributed by atoms with Crippen LogP contribution < -0.4 is 10.2 Å². The van der Waals surface area contributed by atoms with Crippen LogP contribution in [0.5, 0.6) is 0 Å². The highest BCUT2D eigenvalue weighted by Crippen LogP contribution is 2.38. The van der Waals surface area contributed by atoms with Crippen molar-refractivity contribution in [3.8, 4) is 0 Å². The summed E-state index contributed by atoms with van der Waals surface area (Å²) in [6.45, 7) is 0. The highest BCUT2D eigenvalue weighted by atomic mass is 32.1. The summed E-state index contributed by atoms with van der Waals surface area (Å²) in [5, 5.41) is 5.22. The number of amides is 2. The fraction of sp³-hybridized carbons (Fsp3) is 0.520. The van der Waals surface area contributed by atoms with Crippen molar-refractivity contribution >= 4 is 28.8 Å². The molecule has 2 saturated carbocycles. The summed E-state index contributed by atoms with van der Waals surface area (Å²) in [5.41, 5.74) is -0.494. The van der Waals surface area contributed by atoms with Gasteiger partial charge in [0.25, 0.3) is 0 Å². The minimum Gasteiger partial charge on any atom is -0.351 e. The van der Waals surface area contributed by atoms with E-state index in [1.54, 1.807) is 17.0 Å². The first-order valence-corrected chi connectivity index (χ1v) is 12.4. The number of halogens is 1. The Hall–Kier alpha value is -2.21. The standard InChI is InChI=1S/C25H31FN2O2S/c26-19-9-7-12-21(17-19)28(23(29)18-22-13-8-16-31-22)25(14-5-1-2-6-15-25)24(30)27-20-10-3-4-11-20/h7-9,12-13,16-17,20H,1-6,10-11,14-15,18H2,(H,27,30). The monoisotopic (exact) mass is 442 g/mol. The summed E-state index contributed by atoms with van der Waals surface area (Å²) in [5.74, 6) is -0.604. The molecule has 4 rings (SSSR count). The summed E-state index contributed by atoms with van der Waals surface area (Å²) in [7, 11) is 0. The number of benzene rings is 1. The lowest BCUT2D eigenvalue weighted by molar-refractivity contribution is -0.131. The summed E-state index contributed by atoms with van der Waals surface area (Å²) in [4.78, 5) is 30.1. The molecule has 0 spiro atoms. The second-order valence-electron chi connectivity index (χ2n) is 8.87. The van der Waals surface area contributed by atoms with Crippen LogP contribution in [0.1, 0.15) is 69.1 Å². The molecule has 2 aromatic rings. The zero-order chi connectivity index (χ0) is 21.7. The Balaban J connectivity index is 1.74. The van der Waals surface area contributed by atoms with Gasteiger partial charge in [-0.1, -0.05) is 50.7 Å². The molecule has 1 N–H and O–H groups in total. The van der Waals surface area contributed by atoms with Crippen LogP contribution >= 0.6 is 11.3 Å². The van der Waals surface area contributed by atoms with Crippen LogP contribution in [0.25, 0.3) is 0 Å². The number of hydrogen-bond acceptors (Lipinski definition) is 3. The van der Waals surface area contributed by atoms with E-state index in [0.29, 0.717) is 18.5 Å². The van der Waals surface area contributed by atoms with Gasteiger partial charge >= 0.3 is 0 Å². The summed E-state index contributed by atoms with van der Waals surface area (Å²) in [6.07, 6.45) is 9.54. The largest absolute Gasteiger partial charge is 0.351 e. The van der Waals surface area contributed by atoms with Gasteiger partial charge in [-0.2, -0.15) is 0 Å². The van der Waals surface area contributed by atoms with Crippen molar-refractivity contribution in [2.24, 2.45) is 0 Å². The maximum Gasteiger partial charge on any atom is 0.246 e.